The first-order chi connectivity index (χ1) is 12.2. The van der Waals surface area contributed by atoms with E-state index in [0.717, 1.165) is 37.8 Å². The number of likely N-dealkylation sites (N-methyl/N-ethyl adjacent to an activating group) is 1. The minimum atomic E-state index is -0.0106. The highest BCUT2D eigenvalue weighted by Crippen LogP contribution is 2.23. The number of hydrogen-bond acceptors (Lipinski definition) is 2. The van der Waals surface area contributed by atoms with E-state index in [-0.39, 0.29) is 11.8 Å². The van der Waals surface area contributed by atoms with Gasteiger partial charge in [0.05, 0.1) is 0 Å². The van der Waals surface area contributed by atoms with Crippen LogP contribution in [0.15, 0.2) is 30.3 Å². The van der Waals surface area contributed by atoms with Gasteiger partial charge in [0, 0.05) is 30.3 Å². The quantitative estimate of drug-likeness (QED) is 0.801. The molecule has 134 valence electrons. The van der Waals surface area contributed by atoms with E-state index < -0.39 is 0 Å². The molecule has 0 unspecified atom stereocenters. The molecule has 2 amide bonds. The molecule has 4 heteroatoms. The Balaban J connectivity index is 1.58. The predicted octanol–water partition coefficient (Wildman–Crippen LogP) is 3.77. The average molecular weight is 340 g/mol. The SMILES string of the molecule is CCN(C(=O)/C=C/c1ccc(C(=O)NC2CC2)cc1)C1CCCCC1. The maximum absolute atomic E-state index is 12.5. The lowest BCUT2D eigenvalue weighted by molar-refractivity contribution is -0.128. The predicted molar refractivity (Wildman–Crippen MR) is 100 cm³/mol. The van der Waals surface area contributed by atoms with E-state index in [2.05, 4.69) is 5.32 Å². The van der Waals surface area contributed by atoms with Crippen LogP contribution in [0.2, 0.25) is 0 Å². The summed E-state index contributed by atoms with van der Waals surface area (Å²) in [6.07, 6.45) is 11.7. The molecule has 0 atom stereocenters. The van der Waals surface area contributed by atoms with Gasteiger partial charge in [-0.2, -0.15) is 0 Å². The largest absolute Gasteiger partial charge is 0.349 e. The third-order valence-electron chi connectivity index (χ3n) is 5.14. The highest BCUT2D eigenvalue weighted by Gasteiger charge is 2.24. The summed E-state index contributed by atoms with van der Waals surface area (Å²) in [6, 6.07) is 8.18. The van der Waals surface area contributed by atoms with Gasteiger partial charge >= 0.3 is 0 Å². The molecule has 1 aromatic rings. The summed E-state index contributed by atoms with van der Waals surface area (Å²) in [5, 5.41) is 2.98. The lowest BCUT2D eigenvalue weighted by Gasteiger charge is -2.32. The van der Waals surface area contributed by atoms with Crippen molar-refractivity contribution < 1.29 is 9.59 Å². The Bertz CT molecular complexity index is 626. The first kappa shape index (κ1) is 17.7. The van der Waals surface area contributed by atoms with Crippen molar-refractivity contribution in [2.75, 3.05) is 6.54 Å². The van der Waals surface area contributed by atoms with Crippen molar-refractivity contribution in [1.29, 1.82) is 0 Å². The number of rotatable bonds is 6. The maximum atomic E-state index is 12.5. The van der Waals surface area contributed by atoms with Crippen molar-refractivity contribution in [3.8, 4) is 0 Å². The molecule has 0 spiro atoms. The molecular formula is C21H28N2O2. The number of carbonyl (C=O) groups is 2. The zero-order chi connectivity index (χ0) is 17.6. The van der Waals surface area contributed by atoms with Crippen molar-refractivity contribution >= 4 is 17.9 Å². The van der Waals surface area contributed by atoms with Crippen LogP contribution in [0.4, 0.5) is 0 Å². The van der Waals surface area contributed by atoms with Crippen LogP contribution in [0.1, 0.15) is 67.8 Å². The summed E-state index contributed by atoms with van der Waals surface area (Å²) in [4.78, 5) is 26.5. The zero-order valence-electron chi connectivity index (χ0n) is 15.0. The van der Waals surface area contributed by atoms with Gasteiger partial charge in [0.25, 0.3) is 5.91 Å². The third kappa shape index (κ3) is 4.94. The van der Waals surface area contributed by atoms with Crippen molar-refractivity contribution in [1.82, 2.24) is 10.2 Å². The Labute approximate surface area is 150 Å². The van der Waals surface area contributed by atoms with Crippen LogP contribution in [-0.2, 0) is 4.79 Å². The zero-order valence-corrected chi connectivity index (χ0v) is 15.0. The molecule has 2 saturated carbocycles. The van der Waals surface area contributed by atoms with Crippen LogP contribution in [0.5, 0.6) is 0 Å². The van der Waals surface area contributed by atoms with Crippen LogP contribution in [0.3, 0.4) is 0 Å². The molecule has 0 aromatic heterocycles. The van der Waals surface area contributed by atoms with Gasteiger partial charge in [-0.05, 0) is 56.4 Å². The molecule has 0 heterocycles. The summed E-state index contributed by atoms with van der Waals surface area (Å²) in [7, 11) is 0. The summed E-state index contributed by atoms with van der Waals surface area (Å²) in [5.74, 6) is 0.0773. The topological polar surface area (TPSA) is 49.4 Å². The van der Waals surface area contributed by atoms with E-state index in [1.54, 1.807) is 6.08 Å². The standard InChI is InChI=1S/C21H28N2O2/c1-2-23(19-6-4-3-5-7-19)20(24)15-10-16-8-11-17(12-9-16)21(25)22-18-13-14-18/h8-12,15,18-19H,2-7,13-14H2,1H3,(H,22,25)/b15-10+. The summed E-state index contributed by atoms with van der Waals surface area (Å²) < 4.78 is 0. The third-order valence-corrected chi connectivity index (χ3v) is 5.14. The Morgan fingerprint density at radius 2 is 1.76 bits per heavy atom. The monoisotopic (exact) mass is 340 g/mol. The fourth-order valence-electron chi connectivity index (χ4n) is 3.49. The van der Waals surface area contributed by atoms with E-state index in [1.807, 2.05) is 42.2 Å². The maximum Gasteiger partial charge on any atom is 0.251 e. The van der Waals surface area contributed by atoms with E-state index in [4.69, 9.17) is 0 Å². The van der Waals surface area contributed by atoms with E-state index in [9.17, 15) is 9.59 Å². The molecule has 0 bridgehead atoms. The highest BCUT2D eigenvalue weighted by atomic mass is 16.2. The van der Waals surface area contributed by atoms with Crippen molar-refractivity contribution in [2.45, 2.75) is 64.0 Å². The Morgan fingerprint density at radius 1 is 1.08 bits per heavy atom. The summed E-state index contributed by atoms with van der Waals surface area (Å²) in [6.45, 7) is 2.81. The van der Waals surface area contributed by atoms with Crippen LogP contribution in [0.25, 0.3) is 6.08 Å². The van der Waals surface area contributed by atoms with E-state index >= 15 is 0 Å². The molecule has 0 radical (unpaired) electrons. The number of benzene rings is 1. The van der Waals surface area contributed by atoms with Crippen LogP contribution < -0.4 is 5.32 Å². The molecule has 0 aliphatic heterocycles. The second-order valence-corrected chi connectivity index (χ2v) is 7.12. The van der Waals surface area contributed by atoms with Gasteiger partial charge in [-0.15, -0.1) is 0 Å². The van der Waals surface area contributed by atoms with Gasteiger partial charge in [0.2, 0.25) is 5.91 Å². The van der Waals surface area contributed by atoms with Crippen molar-refractivity contribution in [3.63, 3.8) is 0 Å². The average Bonchev–Trinajstić information content (AvgIpc) is 3.46. The number of carbonyl (C=O) groups excluding carboxylic acids is 2. The van der Waals surface area contributed by atoms with Gasteiger partial charge in [-0.1, -0.05) is 31.4 Å². The van der Waals surface area contributed by atoms with E-state index in [1.165, 1.54) is 19.3 Å². The number of hydrogen-bond donors (Lipinski definition) is 1. The van der Waals surface area contributed by atoms with Crippen molar-refractivity contribution in [2.24, 2.45) is 0 Å². The van der Waals surface area contributed by atoms with Gasteiger partial charge in [-0.25, -0.2) is 0 Å². The number of nitrogens with zero attached hydrogens (tertiary/aromatic N) is 1. The number of nitrogens with one attached hydrogen (secondary N) is 1. The number of amides is 2. The normalized spacial score (nSPS) is 18.3. The van der Waals surface area contributed by atoms with Crippen LogP contribution in [-0.4, -0.2) is 35.3 Å². The lowest BCUT2D eigenvalue weighted by Crippen LogP contribution is -2.40. The van der Waals surface area contributed by atoms with Gasteiger partial charge in [-0.3, -0.25) is 9.59 Å². The molecule has 3 rings (SSSR count). The Morgan fingerprint density at radius 3 is 2.36 bits per heavy atom. The molecular weight excluding hydrogens is 312 g/mol. The molecule has 0 saturated heterocycles. The second kappa shape index (κ2) is 8.32. The first-order valence-corrected chi connectivity index (χ1v) is 9.57. The van der Waals surface area contributed by atoms with E-state index in [0.29, 0.717) is 17.6 Å². The molecule has 1 aromatic carbocycles. The van der Waals surface area contributed by atoms with Crippen LogP contribution >= 0.6 is 0 Å². The molecule has 4 nitrogen and oxygen atoms in total. The summed E-state index contributed by atoms with van der Waals surface area (Å²) in [5.41, 5.74) is 1.61. The summed E-state index contributed by atoms with van der Waals surface area (Å²) >= 11 is 0. The smallest absolute Gasteiger partial charge is 0.251 e. The molecule has 2 aliphatic rings. The first-order valence-electron chi connectivity index (χ1n) is 9.57. The minimum Gasteiger partial charge on any atom is -0.349 e. The molecule has 2 fully saturated rings. The van der Waals surface area contributed by atoms with Crippen LogP contribution in [0, 0.1) is 0 Å². The molecule has 1 N–H and O–H groups in total. The van der Waals surface area contributed by atoms with Crippen molar-refractivity contribution in [3.05, 3.63) is 41.5 Å². The fraction of sp³-hybridized carbons (Fsp3) is 0.524. The Hall–Kier alpha value is -2.10. The van der Waals surface area contributed by atoms with Gasteiger partial charge < -0.3 is 10.2 Å². The molecule has 2 aliphatic carbocycles. The lowest BCUT2D eigenvalue weighted by atomic mass is 9.94. The Kier molecular flexibility index (Phi) is 5.90. The van der Waals surface area contributed by atoms with Gasteiger partial charge in [0.1, 0.15) is 0 Å². The molecule has 25 heavy (non-hydrogen) atoms. The highest BCUT2D eigenvalue weighted by molar-refractivity contribution is 5.95. The van der Waals surface area contributed by atoms with Gasteiger partial charge in [0.15, 0.2) is 0 Å². The fourth-order valence-corrected chi connectivity index (χ4v) is 3.49. The minimum absolute atomic E-state index is 0.0106. The second-order valence-electron chi connectivity index (χ2n) is 7.12.